The van der Waals surface area contributed by atoms with E-state index in [0.29, 0.717) is 12.6 Å². The molecular formula is C18H27BrN2O2. The van der Waals surface area contributed by atoms with E-state index in [1.165, 1.54) is 5.56 Å². The molecule has 0 radical (unpaired) electrons. The number of amides is 1. The van der Waals surface area contributed by atoms with Crippen molar-refractivity contribution in [3.8, 4) is 0 Å². The molecular weight excluding hydrogens is 356 g/mol. The van der Waals surface area contributed by atoms with Crippen molar-refractivity contribution in [1.29, 1.82) is 0 Å². The highest BCUT2D eigenvalue weighted by Gasteiger charge is 2.26. The summed E-state index contributed by atoms with van der Waals surface area (Å²) in [4.78, 5) is 14.1. The summed E-state index contributed by atoms with van der Waals surface area (Å²) in [6.07, 6.45) is 3.07. The van der Waals surface area contributed by atoms with Crippen LogP contribution in [0.5, 0.6) is 0 Å². The molecule has 1 aromatic carbocycles. The van der Waals surface area contributed by atoms with Gasteiger partial charge >= 0.3 is 6.09 Å². The highest BCUT2D eigenvalue weighted by molar-refractivity contribution is 9.10. The number of ether oxygens (including phenoxy) is 1. The first kappa shape index (κ1) is 18.3. The number of hydrogen-bond donors (Lipinski definition) is 1. The van der Waals surface area contributed by atoms with Crippen molar-refractivity contribution in [2.75, 3.05) is 13.1 Å². The van der Waals surface area contributed by atoms with Gasteiger partial charge in [0.25, 0.3) is 0 Å². The van der Waals surface area contributed by atoms with Crippen molar-refractivity contribution in [2.24, 2.45) is 0 Å². The fourth-order valence-electron chi connectivity index (χ4n) is 2.67. The van der Waals surface area contributed by atoms with Gasteiger partial charge in [0.15, 0.2) is 0 Å². The van der Waals surface area contributed by atoms with Crippen molar-refractivity contribution in [3.63, 3.8) is 0 Å². The minimum atomic E-state index is -0.441. The van der Waals surface area contributed by atoms with Gasteiger partial charge in [-0.2, -0.15) is 0 Å². The van der Waals surface area contributed by atoms with Gasteiger partial charge in [-0.15, -0.1) is 0 Å². The van der Waals surface area contributed by atoms with E-state index >= 15 is 0 Å². The third-order valence-corrected chi connectivity index (χ3v) is 4.36. The average molecular weight is 383 g/mol. The molecule has 23 heavy (non-hydrogen) atoms. The lowest BCUT2D eigenvalue weighted by Gasteiger charge is -2.28. The van der Waals surface area contributed by atoms with Crippen molar-refractivity contribution in [1.82, 2.24) is 10.2 Å². The minimum Gasteiger partial charge on any atom is -0.444 e. The van der Waals surface area contributed by atoms with Crippen LogP contribution in [0.25, 0.3) is 0 Å². The Bertz CT molecular complexity index is 511. The Morgan fingerprint density at radius 2 is 2.00 bits per heavy atom. The van der Waals surface area contributed by atoms with Crippen LogP contribution in [0.2, 0.25) is 0 Å². The van der Waals surface area contributed by atoms with Gasteiger partial charge in [0.05, 0.1) is 0 Å². The third kappa shape index (κ3) is 6.51. The van der Waals surface area contributed by atoms with Crippen LogP contribution in [0.3, 0.4) is 0 Å². The van der Waals surface area contributed by atoms with Crippen LogP contribution in [-0.4, -0.2) is 35.7 Å². The Kier molecular flexibility index (Phi) is 6.48. The molecule has 1 unspecified atom stereocenters. The molecule has 1 fully saturated rings. The van der Waals surface area contributed by atoms with Gasteiger partial charge in [-0.25, -0.2) is 4.79 Å². The molecule has 1 N–H and O–H groups in total. The van der Waals surface area contributed by atoms with Gasteiger partial charge in [-0.3, -0.25) is 0 Å². The van der Waals surface area contributed by atoms with Gasteiger partial charge in [0, 0.05) is 30.1 Å². The smallest absolute Gasteiger partial charge is 0.410 e. The zero-order valence-electron chi connectivity index (χ0n) is 14.3. The Morgan fingerprint density at radius 1 is 1.30 bits per heavy atom. The summed E-state index contributed by atoms with van der Waals surface area (Å²) in [5.74, 6) is 0. The van der Waals surface area contributed by atoms with E-state index in [9.17, 15) is 4.79 Å². The second-order valence-electron chi connectivity index (χ2n) is 7.13. The molecule has 0 saturated carbocycles. The minimum absolute atomic E-state index is 0.199. The summed E-state index contributed by atoms with van der Waals surface area (Å²) >= 11 is 3.45. The molecule has 1 heterocycles. The van der Waals surface area contributed by atoms with E-state index in [1.807, 2.05) is 25.7 Å². The molecule has 0 spiro atoms. The van der Waals surface area contributed by atoms with Crippen LogP contribution in [0.4, 0.5) is 4.79 Å². The van der Waals surface area contributed by atoms with Crippen molar-refractivity contribution in [3.05, 3.63) is 34.3 Å². The highest BCUT2D eigenvalue weighted by atomic mass is 79.9. The molecule has 0 aliphatic carbocycles. The van der Waals surface area contributed by atoms with E-state index < -0.39 is 5.60 Å². The molecule has 0 aromatic heterocycles. The fraction of sp³-hybridized carbons (Fsp3) is 0.611. The molecule has 128 valence electrons. The molecule has 1 amide bonds. The first-order valence-corrected chi connectivity index (χ1v) is 9.08. The first-order valence-electron chi connectivity index (χ1n) is 8.29. The monoisotopic (exact) mass is 382 g/mol. The predicted octanol–water partition coefficient (Wildman–Crippen LogP) is 4.33. The molecule has 5 heteroatoms. The molecule has 4 nitrogen and oxygen atoms in total. The maximum atomic E-state index is 12.3. The number of hydrogen-bond acceptors (Lipinski definition) is 3. The standard InChI is InChI=1S/C18H27BrN2O2/c1-18(2,3)23-17(22)21-11-5-4-6-16(13-21)20-12-14-7-9-15(19)10-8-14/h7-10,16,20H,4-6,11-13H2,1-3H3. The highest BCUT2D eigenvalue weighted by Crippen LogP contribution is 2.16. The quantitative estimate of drug-likeness (QED) is 0.845. The summed E-state index contributed by atoms with van der Waals surface area (Å²) in [7, 11) is 0. The number of carbonyl (C=O) groups is 1. The lowest BCUT2D eigenvalue weighted by Crippen LogP contribution is -2.44. The van der Waals surface area contributed by atoms with Crippen molar-refractivity contribution < 1.29 is 9.53 Å². The zero-order chi connectivity index (χ0) is 16.9. The van der Waals surface area contributed by atoms with Gasteiger partial charge in [0.2, 0.25) is 0 Å². The Hall–Kier alpha value is -1.07. The molecule has 1 atom stereocenters. The third-order valence-electron chi connectivity index (χ3n) is 3.83. The largest absolute Gasteiger partial charge is 0.444 e. The lowest BCUT2D eigenvalue weighted by atomic mass is 10.1. The summed E-state index contributed by atoms with van der Waals surface area (Å²) in [5.41, 5.74) is 0.810. The van der Waals surface area contributed by atoms with Crippen LogP contribution >= 0.6 is 15.9 Å². The van der Waals surface area contributed by atoms with Crippen LogP contribution in [-0.2, 0) is 11.3 Å². The molecule has 2 rings (SSSR count). The summed E-state index contributed by atoms with van der Waals surface area (Å²) in [5, 5.41) is 3.58. The average Bonchev–Trinajstić information content (AvgIpc) is 2.70. The Balaban J connectivity index is 1.88. The molecule has 0 bridgehead atoms. The van der Waals surface area contributed by atoms with E-state index in [2.05, 4.69) is 45.5 Å². The number of nitrogens with zero attached hydrogens (tertiary/aromatic N) is 1. The fourth-order valence-corrected chi connectivity index (χ4v) is 2.93. The Morgan fingerprint density at radius 3 is 2.65 bits per heavy atom. The second-order valence-corrected chi connectivity index (χ2v) is 8.04. The van der Waals surface area contributed by atoms with Crippen molar-refractivity contribution in [2.45, 2.75) is 58.2 Å². The number of halogens is 1. The summed E-state index contributed by atoms with van der Waals surface area (Å²) in [6, 6.07) is 8.64. The number of carbonyl (C=O) groups excluding carboxylic acids is 1. The van der Waals surface area contributed by atoms with Gasteiger partial charge < -0.3 is 15.0 Å². The number of likely N-dealkylation sites (tertiary alicyclic amines) is 1. The van der Waals surface area contributed by atoms with Crippen molar-refractivity contribution >= 4 is 22.0 Å². The van der Waals surface area contributed by atoms with Gasteiger partial charge in [-0.05, 0) is 51.3 Å². The number of rotatable bonds is 3. The van der Waals surface area contributed by atoms with Gasteiger partial charge in [0.1, 0.15) is 5.60 Å². The summed E-state index contributed by atoms with van der Waals surface area (Å²) < 4.78 is 6.60. The van der Waals surface area contributed by atoms with Gasteiger partial charge in [-0.1, -0.05) is 34.5 Å². The Labute approximate surface area is 147 Å². The SMILES string of the molecule is CC(C)(C)OC(=O)N1CCCCC(NCc2ccc(Br)cc2)C1. The lowest BCUT2D eigenvalue weighted by molar-refractivity contribution is 0.0243. The number of nitrogens with one attached hydrogen (secondary N) is 1. The van der Waals surface area contributed by atoms with E-state index in [4.69, 9.17) is 4.74 Å². The molecule has 1 aromatic rings. The number of benzene rings is 1. The molecule has 1 saturated heterocycles. The maximum Gasteiger partial charge on any atom is 0.410 e. The van der Waals surface area contributed by atoms with Crippen LogP contribution < -0.4 is 5.32 Å². The topological polar surface area (TPSA) is 41.6 Å². The predicted molar refractivity (Wildman–Crippen MR) is 96.4 cm³/mol. The van der Waals surface area contributed by atoms with E-state index in [0.717, 1.165) is 36.8 Å². The second kappa shape index (κ2) is 8.15. The van der Waals surface area contributed by atoms with Crippen LogP contribution in [0, 0.1) is 0 Å². The summed E-state index contributed by atoms with van der Waals surface area (Å²) in [6.45, 7) is 8.04. The van der Waals surface area contributed by atoms with E-state index in [1.54, 1.807) is 0 Å². The normalized spacial score (nSPS) is 19.3. The first-order chi connectivity index (χ1) is 10.8. The van der Waals surface area contributed by atoms with Crippen LogP contribution in [0.15, 0.2) is 28.7 Å². The van der Waals surface area contributed by atoms with E-state index in [-0.39, 0.29) is 6.09 Å². The zero-order valence-corrected chi connectivity index (χ0v) is 15.9. The maximum absolute atomic E-state index is 12.3. The molecule has 1 aliphatic rings. The van der Waals surface area contributed by atoms with Crippen LogP contribution in [0.1, 0.15) is 45.6 Å². The molecule has 1 aliphatic heterocycles.